The summed E-state index contributed by atoms with van der Waals surface area (Å²) < 4.78 is 5.59. The van der Waals surface area contributed by atoms with E-state index in [1.807, 2.05) is 25.1 Å². The van der Waals surface area contributed by atoms with Gasteiger partial charge in [-0.25, -0.2) is 0 Å². The molecular weight excluding hydrogens is 272 g/mol. The highest BCUT2D eigenvalue weighted by molar-refractivity contribution is 6.30. The van der Waals surface area contributed by atoms with E-state index in [1.165, 1.54) is 0 Å². The molecule has 0 unspecified atom stereocenters. The molecule has 0 fully saturated rings. The van der Waals surface area contributed by atoms with E-state index < -0.39 is 0 Å². The van der Waals surface area contributed by atoms with Crippen LogP contribution < -0.4 is 10.1 Å². The van der Waals surface area contributed by atoms with E-state index in [-0.39, 0.29) is 0 Å². The number of nitrogens with zero attached hydrogens (tertiary/aromatic N) is 1. The molecule has 2 rings (SSSR count). The molecule has 102 valence electrons. The summed E-state index contributed by atoms with van der Waals surface area (Å²) in [5.74, 6) is 0.758. The second-order valence-corrected chi connectivity index (χ2v) is 4.81. The van der Waals surface area contributed by atoms with Crippen molar-refractivity contribution >= 4 is 17.3 Å². The van der Waals surface area contributed by atoms with Crippen molar-refractivity contribution in [3.63, 3.8) is 0 Å². The Morgan fingerprint density at radius 2 is 1.95 bits per heavy atom. The molecule has 0 atom stereocenters. The highest BCUT2D eigenvalue weighted by Gasteiger charge is 1.99. The van der Waals surface area contributed by atoms with Crippen LogP contribution in [0, 0.1) is 18.3 Å². The minimum atomic E-state index is 0.540. The van der Waals surface area contributed by atoms with Crippen molar-refractivity contribution in [2.24, 2.45) is 0 Å². The minimum Gasteiger partial charge on any atom is -0.492 e. The number of nitriles is 1. The largest absolute Gasteiger partial charge is 0.492 e. The lowest BCUT2D eigenvalue weighted by molar-refractivity contribution is 0.333. The first kappa shape index (κ1) is 14.2. The van der Waals surface area contributed by atoms with Crippen molar-refractivity contribution in [1.29, 1.82) is 5.26 Å². The van der Waals surface area contributed by atoms with Crippen molar-refractivity contribution < 1.29 is 4.74 Å². The Hall–Kier alpha value is -2.18. The Balaban J connectivity index is 1.81. The van der Waals surface area contributed by atoms with Crippen LogP contribution in [0.15, 0.2) is 42.5 Å². The minimum absolute atomic E-state index is 0.540. The molecule has 0 saturated carbocycles. The average Bonchev–Trinajstić information content (AvgIpc) is 2.47. The summed E-state index contributed by atoms with van der Waals surface area (Å²) >= 11 is 5.96. The molecule has 0 heterocycles. The van der Waals surface area contributed by atoms with Crippen molar-refractivity contribution in [3.05, 3.63) is 58.6 Å². The molecule has 0 aliphatic heterocycles. The molecule has 0 aliphatic rings. The van der Waals surface area contributed by atoms with Crippen molar-refractivity contribution in [2.45, 2.75) is 6.92 Å². The van der Waals surface area contributed by atoms with Crippen LogP contribution in [0.1, 0.15) is 11.1 Å². The standard InChI is InChI=1S/C16H15ClN2O/c1-12-2-5-14(17)10-16(12)19-8-9-20-15-6-3-13(11-18)4-7-15/h2-7,10,19H,8-9H2,1H3. The Morgan fingerprint density at radius 3 is 2.65 bits per heavy atom. The Kier molecular flexibility index (Phi) is 4.86. The van der Waals surface area contributed by atoms with Crippen molar-refractivity contribution in [1.82, 2.24) is 0 Å². The van der Waals surface area contributed by atoms with Crippen molar-refractivity contribution in [2.75, 3.05) is 18.5 Å². The van der Waals surface area contributed by atoms with Gasteiger partial charge in [0.05, 0.1) is 11.6 Å². The van der Waals surface area contributed by atoms with Crippen LogP contribution in [0.25, 0.3) is 0 Å². The first-order valence-corrected chi connectivity index (χ1v) is 6.70. The Bertz CT molecular complexity index is 617. The normalized spacial score (nSPS) is 9.85. The first-order chi connectivity index (χ1) is 9.69. The van der Waals surface area contributed by atoms with Crippen LogP contribution in [0.3, 0.4) is 0 Å². The predicted molar refractivity (Wildman–Crippen MR) is 81.3 cm³/mol. The van der Waals surface area contributed by atoms with Crippen LogP contribution in [-0.2, 0) is 0 Å². The Labute approximate surface area is 123 Å². The molecule has 0 radical (unpaired) electrons. The molecule has 3 nitrogen and oxygen atoms in total. The zero-order valence-corrected chi connectivity index (χ0v) is 11.9. The van der Waals surface area contributed by atoms with Gasteiger partial charge in [0, 0.05) is 17.3 Å². The summed E-state index contributed by atoms with van der Waals surface area (Å²) in [4.78, 5) is 0. The number of ether oxygens (including phenoxy) is 1. The van der Waals surface area contributed by atoms with Gasteiger partial charge < -0.3 is 10.1 Å². The van der Waals surface area contributed by atoms with Crippen LogP contribution in [-0.4, -0.2) is 13.2 Å². The van der Waals surface area contributed by atoms with E-state index in [0.717, 1.165) is 17.0 Å². The second kappa shape index (κ2) is 6.83. The van der Waals surface area contributed by atoms with Crippen LogP contribution in [0.5, 0.6) is 5.75 Å². The van der Waals surface area contributed by atoms with Gasteiger partial charge in [0.2, 0.25) is 0 Å². The molecule has 0 aromatic heterocycles. The van der Waals surface area contributed by atoms with Gasteiger partial charge in [-0.05, 0) is 48.9 Å². The maximum atomic E-state index is 8.71. The molecule has 20 heavy (non-hydrogen) atoms. The van der Waals surface area contributed by atoms with E-state index in [4.69, 9.17) is 21.6 Å². The number of rotatable bonds is 5. The predicted octanol–water partition coefficient (Wildman–Crippen LogP) is 4.01. The SMILES string of the molecule is Cc1ccc(Cl)cc1NCCOc1ccc(C#N)cc1. The van der Waals surface area contributed by atoms with Crippen LogP contribution >= 0.6 is 11.6 Å². The molecule has 1 N–H and O–H groups in total. The van der Waals surface area contributed by atoms with Gasteiger partial charge in [-0.15, -0.1) is 0 Å². The molecule has 0 spiro atoms. The molecule has 0 aliphatic carbocycles. The van der Waals surface area contributed by atoms with E-state index in [0.29, 0.717) is 23.7 Å². The molecule has 2 aromatic rings. The fourth-order valence-corrected chi connectivity index (χ4v) is 1.94. The van der Waals surface area contributed by atoms with Gasteiger partial charge in [0.25, 0.3) is 0 Å². The Morgan fingerprint density at radius 1 is 1.20 bits per heavy atom. The number of halogens is 1. The lowest BCUT2D eigenvalue weighted by Crippen LogP contribution is -2.12. The fraction of sp³-hybridized carbons (Fsp3) is 0.188. The maximum Gasteiger partial charge on any atom is 0.119 e. The van der Waals surface area contributed by atoms with Crippen LogP contribution in [0.4, 0.5) is 5.69 Å². The van der Waals surface area contributed by atoms with E-state index in [2.05, 4.69) is 11.4 Å². The zero-order chi connectivity index (χ0) is 14.4. The van der Waals surface area contributed by atoms with E-state index >= 15 is 0 Å². The third-order valence-electron chi connectivity index (χ3n) is 2.87. The summed E-state index contributed by atoms with van der Waals surface area (Å²) in [6.45, 7) is 3.25. The number of nitrogens with one attached hydrogen (secondary N) is 1. The van der Waals surface area contributed by atoms with Gasteiger partial charge in [-0.1, -0.05) is 17.7 Å². The third kappa shape index (κ3) is 3.91. The topological polar surface area (TPSA) is 45.0 Å². The average molecular weight is 287 g/mol. The highest BCUT2D eigenvalue weighted by atomic mass is 35.5. The van der Waals surface area contributed by atoms with Crippen molar-refractivity contribution in [3.8, 4) is 11.8 Å². The molecule has 0 saturated heterocycles. The van der Waals surface area contributed by atoms with Crippen LogP contribution in [0.2, 0.25) is 5.02 Å². The molecule has 0 bridgehead atoms. The number of benzene rings is 2. The maximum absolute atomic E-state index is 8.71. The quantitative estimate of drug-likeness (QED) is 0.845. The number of aryl methyl sites for hydroxylation is 1. The molecular formula is C16H15ClN2O. The summed E-state index contributed by atoms with van der Waals surface area (Å²) in [6, 6.07) is 14.9. The zero-order valence-electron chi connectivity index (χ0n) is 11.2. The van der Waals surface area contributed by atoms with E-state index in [9.17, 15) is 0 Å². The third-order valence-corrected chi connectivity index (χ3v) is 3.10. The fourth-order valence-electron chi connectivity index (χ4n) is 1.76. The van der Waals surface area contributed by atoms with E-state index in [1.54, 1.807) is 24.3 Å². The summed E-state index contributed by atoms with van der Waals surface area (Å²) in [5.41, 5.74) is 2.79. The number of anilines is 1. The van der Waals surface area contributed by atoms with Gasteiger partial charge >= 0.3 is 0 Å². The highest BCUT2D eigenvalue weighted by Crippen LogP contribution is 2.19. The van der Waals surface area contributed by atoms with Gasteiger partial charge in [-0.3, -0.25) is 0 Å². The summed E-state index contributed by atoms with van der Waals surface area (Å²) in [6.07, 6.45) is 0. The first-order valence-electron chi connectivity index (χ1n) is 6.32. The second-order valence-electron chi connectivity index (χ2n) is 4.37. The lowest BCUT2D eigenvalue weighted by Gasteiger charge is -2.11. The van der Waals surface area contributed by atoms with Gasteiger partial charge in [-0.2, -0.15) is 5.26 Å². The monoisotopic (exact) mass is 286 g/mol. The number of hydrogen-bond acceptors (Lipinski definition) is 3. The summed E-state index contributed by atoms with van der Waals surface area (Å²) in [7, 11) is 0. The molecule has 0 amide bonds. The molecule has 2 aromatic carbocycles. The lowest BCUT2D eigenvalue weighted by atomic mass is 10.2. The van der Waals surface area contributed by atoms with Gasteiger partial charge in [0.15, 0.2) is 0 Å². The smallest absolute Gasteiger partial charge is 0.119 e. The molecule has 4 heteroatoms. The number of hydrogen-bond donors (Lipinski definition) is 1. The summed E-state index contributed by atoms with van der Waals surface area (Å²) in [5, 5.41) is 12.7. The van der Waals surface area contributed by atoms with Gasteiger partial charge in [0.1, 0.15) is 12.4 Å².